The number of imide groups is 1. The Hall–Kier alpha value is -3.81. The van der Waals surface area contributed by atoms with E-state index in [1.807, 2.05) is 13.8 Å². The van der Waals surface area contributed by atoms with Crippen LogP contribution in [0.5, 0.6) is 0 Å². The predicted molar refractivity (Wildman–Crippen MR) is 112 cm³/mol. The number of nitrogens with zero attached hydrogens (tertiary/aromatic N) is 1. The van der Waals surface area contributed by atoms with E-state index in [-0.39, 0.29) is 28.5 Å². The summed E-state index contributed by atoms with van der Waals surface area (Å²) < 4.78 is 5.06. The van der Waals surface area contributed by atoms with Gasteiger partial charge in [0.1, 0.15) is 0 Å². The summed E-state index contributed by atoms with van der Waals surface area (Å²) in [6, 6.07) is 10.3. The van der Waals surface area contributed by atoms with Crippen molar-refractivity contribution >= 4 is 35.2 Å². The molecule has 8 nitrogen and oxygen atoms in total. The SMILES string of the molecule is CC(C)CC(=O)Nc1ccc(C(=O)COC(=O)c2ccc3c(c2)C(=O)N(C)C3=O)cc1. The Bertz CT molecular complexity index is 1070. The lowest BCUT2D eigenvalue weighted by molar-refractivity contribution is -0.116. The number of rotatable bonds is 7. The van der Waals surface area contributed by atoms with E-state index in [0.29, 0.717) is 17.7 Å². The van der Waals surface area contributed by atoms with Gasteiger partial charge < -0.3 is 10.1 Å². The summed E-state index contributed by atoms with van der Waals surface area (Å²) in [5, 5.41) is 2.75. The summed E-state index contributed by atoms with van der Waals surface area (Å²) in [5.74, 6) is -1.99. The first-order chi connectivity index (χ1) is 14.7. The van der Waals surface area contributed by atoms with Crippen LogP contribution >= 0.6 is 0 Å². The summed E-state index contributed by atoms with van der Waals surface area (Å²) in [7, 11) is 1.36. The maximum atomic E-state index is 12.3. The highest BCUT2D eigenvalue weighted by Gasteiger charge is 2.33. The molecule has 0 fully saturated rings. The van der Waals surface area contributed by atoms with Crippen molar-refractivity contribution < 1.29 is 28.7 Å². The smallest absolute Gasteiger partial charge is 0.338 e. The molecule has 3 rings (SSSR count). The van der Waals surface area contributed by atoms with Gasteiger partial charge in [-0.25, -0.2) is 4.79 Å². The fourth-order valence-corrected chi connectivity index (χ4v) is 3.11. The molecule has 1 N–H and O–H groups in total. The molecule has 3 amide bonds. The molecule has 2 aromatic carbocycles. The number of nitrogens with one attached hydrogen (secondary N) is 1. The van der Waals surface area contributed by atoms with Crippen molar-refractivity contribution in [1.82, 2.24) is 4.90 Å². The summed E-state index contributed by atoms with van der Waals surface area (Å²) in [6.07, 6.45) is 0.398. The minimum absolute atomic E-state index is 0.0752. The van der Waals surface area contributed by atoms with Crippen LogP contribution in [-0.2, 0) is 9.53 Å². The zero-order chi connectivity index (χ0) is 22.7. The number of carbonyl (C=O) groups is 5. The molecule has 2 aromatic rings. The number of Topliss-reactive ketones (excluding diaryl/α,β-unsaturated/α-hetero) is 1. The molecule has 0 spiro atoms. The predicted octanol–water partition coefficient (Wildman–Crippen LogP) is 2.94. The Morgan fingerprint density at radius 1 is 0.935 bits per heavy atom. The Morgan fingerprint density at radius 3 is 2.19 bits per heavy atom. The van der Waals surface area contributed by atoms with E-state index < -0.39 is 30.2 Å². The molecule has 1 aliphatic heterocycles. The monoisotopic (exact) mass is 422 g/mol. The number of carbonyl (C=O) groups excluding carboxylic acids is 5. The zero-order valence-corrected chi connectivity index (χ0v) is 17.4. The standard InChI is InChI=1S/C23H22N2O6/c1-13(2)10-20(27)24-16-7-4-14(5-8-16)19(26)12-31-23(30)15-6-9-17-18(11-15)22(29)25(3)21(17)28/h4-9,11,13H,10,12H2,1-3H3,(H,24,27). The highest BCUT2D eigenvalue weighted by Crippen LogP contribution is 2.23. The van der Waals surface area contributed by atoms with Crippen LogP contribution < -0.4 is 5.32 Å². The number of benzene rings is 2. The van der Waals surface area contributed by atoms with E-state index in [1.54, 1.807) is 12.1 Å². The zero-order valence-electron chi connectivity index (χ0n) is 17.4. The molecule has 0 radical (unpaired) electrons. The third-order valence-corrected chi connectivity index (χ3v) is 4.74. The van der Waals surface area contributed by atoms with Crippen LogP contribution in [0.25, 0.3) is 0 Å². The Kier molecular flexibility index (Phi) is 6.29. The Balaban J connectivity index is 1.59. The number of hydrogen-bond acceptors (Lipinski definition) is 6. The van der Waals surface area contributed by atoms with Crippen LogP contribution in [0.4, 0.5) is 5.69 Å². The average Bonchev–Trinajstić information content (AvgIpc) is 2.95. The molecular weight excluding hydrogens is 400 g/mol. The van der Waals surface area contributed by atoms with Crippen LogP contribution in [0.3, 0.4) is 0 Å². The number of hydrogen-bond donors (Lipinski definition) is 1. The second kappa shape index (κ2) is 8.91. The van der Waals surface area contributed by atoms with Crippen molar-refractivity contribution in [1.29, 1.82) is 0 Å². The highest BCUT2D eigenvalue weighted by atomic mass is 16.5. The van der Waals surface area contributed by atoms with Crippen molar-refractivity contribution in [2.75, 3.05) is 19.0 Å². The largest absolute Gasteiger partial charge is 0.454 e. The second-order valence-corrected chi connectivity index (χ2v) is 7.65. The van der Waals surface area contributed by atoms with Gasteiger partial charge in [-0.3, -0.25) is 24.1 Å². The Labute approximate surface area is 179 Å². The van der Waals surface area contributed by atoms with Gasteiger partial charge in [-0.05, 0) is 48.4 Å². The lowest BCUT2D eigenvalue weighted by atomic mass is 10.1. The lowest BCUT2D eigenvalue weighted by Gasteiger charge is -2.08. The van der Waals surface area contributed by atoms with E-state index in [1.165, 1.54) is 37.4 Å². The topological polar surface area (TPSA) is 110 Å². The molecule has 0 aliphatic carbocycles. The first-order valence-electron chi connectivity index (χ1n) is 9.74. The van der Waals surface area contributed by atoms with Crippen molar-refractivity contribution in [3.8, 4) is 0 Å². The minimum Gasteiger partial charge on any atom is -0.454 e. The van der Waals surface area contributed by atoms with Gasteiger partial charge in [0.2, 0.25) is 5.91 Å². The van der Waals surface area contributed by atoms with Gasteiger partial charge in [-0.1, -0.05) is 13.8 Å². The van der Waals surface area contributed by atoms with Crippen LogP contribution in [0, 0.1) is 5.92 Å². The number of ketones is 1. The molecule has 0 saturated heterocycles. The number of esters is 1. The van der Waals surface area contributed by atoms with E-state index >= 15 is 0 Å². The van der Waals surface area contributed by atoms with Crippen molar-refractivity contribution in [2.45, 2.75) is 20.3 Å². The quantitative estimate of drug-likeness (QED) is 0.417. The van der Waals surface area contributed by atoms with Crippen LogP contribution in [0.2, 0.25) is 0 Å². The minimum atomic E-state index is -0.775. The summed E-state index contributed by atoms with van der Waals surface area (Å²) >= 11 is 0. The summed E-state index contributed by atoms with van der Waals surface area (Å²) in [4.78, 5) is 61.3. The molecule has 1 heterocycles. The third kappa shape index (κ3) is 4.85. The van der Waals surface area contributed by atoms with E-state index in [2.05, 4.69) is 5.32 Å². The van der Waals surface area contributed by atoms with Gasteiger partial charge in [0, 0.05) is 24.7 Å². The van der Waals surface area contributed by atoms with E-state index in [9.17, 15) is 24.0 Å². The van der Waals surface area contributed by atoms with Gasteiger partial charge in [-0.2, -0.15) is 0 Å². The molecule has 0 saturated carbocycles. The fraction of sp³-hybridized carbons (Fsp3) is 0.261. The molecule has 0 aromatic heterocycles. The molecule has 8 heteroatoms. The molecular formula is C23H22N2O6. The maximum absolute atomic E-state index is 12.3. The summed E-state index contributed by atoms with van der Waals surface area (Å²) in [6.45, 7) is 3.41. The first-order valence-corrected chi connectivity index (χ1v) is 9.74. The normalized spacial score (nSPS) is 12.7. The molecule has 0 atom stereocenters. The molecule has 160 valence electrons. The van der Waals surface area contributed by atoms with Gasteiger partial charge in [0.05, 0.1) is 16.7 Å². The third-order valence-electron chi connectivity index (χ3n) is 4.74. The lowest BCUT2D eigenvalue weighted by Crippen LogP contribution is -2.24. The van der Waals surface area contributed by atoms with E-state index in [0.717, 1.165) is 4.90 Å². The fourth-order valence-electron chi connectivity index (χ4n) is 3.11. The molecule has 31 heavy (non-hydrogen) atoms. The van der Waals surface area contributed by atoms with Gasteiger partial charge in [0.25, 0.3) is 11.8 Å². The van der Waals surface area contributed by atoms with Crippen LogP contribution in [-0.4, -0.2) is 48.0 Å². The molecule has 1 aliphatic rings. The first kappa shape index (κ1) is 21.9. The maximum Gasteiger partial charge on any atom is 0.338 e. The van der Waals surface area contributed by atoms with Crippen molar-refractivity contribution in [3.05, 3.63) is 64.7 Å². The number of ether oxygens (including phenoxy) is 1. The van der Waals surface area contributed by atoms with Gasteiger partial charge in [-0.15, -0.1) is 0 Å². The second-order valence-electron chi connectivity index (χ2n) is 7.65. The average molecular weight is 422 g/mol. The number of fused-ring (bicyclic) bond motifs is 1. The number of amides is 3. The highest BCUT2D eigenvalue weighted by molar-refractivity contribution is 6.21. The van der Waals surface area contributed by atoms with Crippen LogP contribution in [0.1, 0.15) is 61.7 Å². The molecule has 0 bridgehead atoms. The Morgan fingerprint density at radius 2 is 1.55 bits per heavy atom. The van der Waals surface area contributed by atoms with E-state index in [4.69, 9.17) is 4.74 Å². The molecule has 0 unspecified atom stereocenters. The van der Waals surface area contributed by atoms with Crippen LogP contribution in [0.15, 0.2) is 42.5 Å². The summed E-state index contributed by atoms with van der Waals surface area (Å²) in [5.41, 5.74) is 1.32. The van der Waals surface area contributed by atoms with Gasteiger partial charge in [0.15, 0.2) is 12.4 Å². The van der Waals surface area contributed by atoms with Crippen molar-refractivity contribution in [2.24, 2.45) is 5.92 Å². The number of anilines is 1. The van der Waals surface area contributed by atoms with Crippen molar-refractivity contribution in [3.63, 3.8) is 0 Å². The van der Waals surface area contributed by atoms with Gasteiger partial charge >= 0.3 is 5.97 Å².